The molecule has 4 aromatic rings. The number of ether oxygens (including phenoxy) is 2. The van der Waals surface area contributed by atoms with Gasteiger partial charge >= 0.3 is 0 Å². The summed E-state index contributed by atoms with van der Waals surface area (Å²) in [6.07, 6.45) is 2.24. The van der Waals surface area contributed by atoms with Crippen molar-refractivity contribution in [3.05, 3.63) is 96.2 Å². The highest BCUT2D eigenvalue weighted by Crippen LogP contribution is 2.42. The van der Waals surface area contributed by atoms with Gasteiger partial charge in [0.2, 0.25) is 11.9 Å². The van der Waals surface area contributed by atoms with Gasteiger partial charge in [-0.3, -0.25) is 9.69 Å². The molecule has 1 atom stereocenters. The molecule has 1 unspecified atom stereocenters. The number of carbonyl (C=O) groups is 1. The van der Waals surface area contributed by atoms with E-state index in [0.29, 0.717) is 29.7 Å². The Balaban J connectivity index is 1.61. The maximum absolute atomic E-state index is 14.0. The van der Waals surface area contributed by atoms with Crippen LogP contribution in [0.3, 0.4) is 0 Å². The standard InChI is InChI=1S/C27H24N4O3/c1-33-21-13-14-24(34-2)22(16-21)23-15-18-17-28-27(29-19-9-5-3-6-10-19)30-25(18)31(26(23)32)20-11-7-4-8-12-20/h3-14,16-17,23H,15H2,1-2H3,(H,28,29,30). The molecule has 0 saturated heterocycles. The van der Waals surface area contributed by atoms with Crippen LogP contribution >= 0.6 is 0 Å². The summed E-state index contributed by atoms with van der Waals surface area (Å²) in [5, 5.41) is 3.22. The van der Waals surface area contributed by atoms with Crippen LogP contribution in [0.2, 0.25) is 0 Å². The van der Waals surface area contributed by atoms with Gasteiger partial charge in [0.1, 0.15) is 17.3 Å². The Morgan fingerprint density at radius 3 is 2.38 bits per heavy atom. The van der Waals surface area contributed by atoms with Crippen molar-refractivity contribution in [2.75, 3.05) is 24.4 Å². The van der Waals surface area contributed by atoms with E-state index in [4.69, 9.17) is 14.5 Å². The summed E-state index contributed by atoms with van der Waals surface area (Å²) in [6, 6.07) is 24.7. The average molecular weight is 453 g/mol. The molecule has 1 aliphatic heterocycles. The zero-order valence-corrected chi connectivity index (χ0v) is 18.9. The molecule has 170 valence electrons. The first-order valence-electron chi connectivity index (χ1n) is 11.0. The van der Waals surface area contributed by atoms with Gasteiger partial charge in [-0.1, -0.05) is 36.4 Å². The van der Waals surface area contributed by atoms with Crippen LogP contribution in [0.4, 0.5) is 23.1 Å². The highest BCUT2D eigenvalue weighted by molar-refractivity contribution is 6.06. The lowest BCUT2D eigenvalue weighted by atomic mass is 9.87. The molecule has 0 aliphatic carbocycles. The molecular weight excluding hydrogens is 428 g/mol. The van der Waals surface area contributed by atoms with E-state index in [1.165, 1.54) is 0 Å². The number of methoxy groups -OCH3 is 2. The van der Waals surface area contributed by atoms with Crippen molar-refractivity contribution >= 4 is 29.0 Å². The van der Waals surface area contributed by atoms with E-state index in [1.54, 1.807) is 25.3 Å². The van der Waals surface area contributed by atoms with E-state index >= 15 is 0 Å². The molecule has 2 heterocycles. The van der Waals surface area contributed by atoms with Crippen LogP contribution in [0.15, 0.2) is 85.1 Å². The lowest BCUT2D eigenvalue weighted by Gasteiger charge is -2.34. The lowest BCUT2D eigenvalue weighted by Crippen LogP contribution is -2.38. The largest absolute Gasteiger partial charge is 0.497 e. The van der Waals surface area contributed by atoms with E-state index in [9.17, 15) is 4.79 Å². The van der Waals surface area contributed by atoms with Crippen LogP contribution in [0, 0.1) is 0 Å². The summed E-state index contributed by atoms with van der Waals surface area (Å²) in [5.41, 5.74) is 3.25. The van der Waals surface area contributed by atoms with Gasteiger partial charge in [0, 0.05) is 23.0 Å². The molecule has 0 fully saturated rings. The molecule has 3 aromatic carbocycles. The molecule has 7 nitrogen and oxygen atoms in total. The molecule has 1 amide bonds. The number of amides is 1. The van der Waals surface area contributed by atoms with Gasteiger partial charge in [-0.2, -0.15) is 4.98 Å². The number of fused-ring (bicyclic) bond motifs is 1. The van der Waals surface area contributed by atoms with Crippen molar-refractivity contribution in [2.45, 2.75) is 12.3 Å². The summed E-state index contributed by atoms with van der Waals surface area (Å²) in [4.78, 5) is 24.9. The lowest BCUT2D eigenvalue weighted by molar-refractivity contribution is -0.119. The number of nitrogens with one attached hydrogen (secondary N) is 1. The van der Waals surface area contributed by atoms with Gasteiger partial charge in [-0.25, -0.2) is 4.98 Å². The molecule has 1 aromatic heterocycles. The third kappa shape index (κ3) is 4.03. The van der Waals surface area contributed by atoms with E-state index in [1.807, 2.05) is 78.9 Å². The normalized spacial score (nSPS) is 14.9. The van der Waals surface area contributed by atoms with Gasteiger partial charge in [0.05, 0.1) is 25.8 Å². The molecule has 34 heavy (non-hydrogen) atoms. The SMILES string of the molecule is COc1ccc(OC)c(C2Cc3cnc(Nc4ccccc4)nc3N(c3ccccc3)C2=O)c1. The van der Waals surface area contributed by atoms with Crippen LogP contribution < -0.4 is 19.7 Å². The van der Waals surface area contributed by atoms with Crippen molar-refractivity contribution in [3.63, 3.8) is 0 Å². The Morgan fingerprint density at radius 1 is 0.941 bits per heavy atom. The fraction of sp³-hybridized carbons (Fsp3) is 0.148. The van der Waals surface area contributed by atoms with Gasteiger partial charge < -0.3 is 14.8 Å². The van der Waals surface area contributed by atoms with Gasteiger partial charge in [-0.15, -0.1) is 0 Å². The fourth-order valence-electron chi connectivity index (χ4n) is 4.19. The highest BCUT2D eigenvalue weighted by atomic mass is 16.5. The van der Waals surface area contributed by atoms with E-state index in [0.717, 1.165) is 22.5 Å². The molecule has 5 rings (SSSR count). The maximum Gasteiger partial charge on any atom is 0.240 e. The summed E-state index contributed by atoms with van der Waals surface area (Å²) in [5.74, 6) is 1.74. The van der Waals surface area contributed by atoms with Crippen LogP contribution in [0.5, 0.6) is 11.5 Å². The second kappa shape index (κ2) is 9.23. The number of rotatable bonds is 6. The molecule has 7 heteroatoms. The second-order valence-corrected chi connectivity index (χ2v) is 7.91. The third-order valence-corrected chi connectivity index (χ3v) is 5.85. The Bertz CT molecular complexity index is 1310. The predicted molar refractivity (Wildman–Crippen MR) is 131 cm³/mol. The Morgan fingerprint density at radius 2 is 1.68 bits per heavy atom. The predicted octanol–water partition coefficient (Wildman–Crippen LogP) is 5.24. The fourth-order valence-corrected chi connectivity index (χ4v) is 4.19. The number of nitrogens with zero attached hydrogens (tertiary/aromatic N) is 3. The van der Waals surface area contributed by atoms with Gasteiger partial charge in [0.15, 0.2) is 0 Å². The number of benzene rings is 3. The number of hydrogen-bond acceptors (Lipinski definition) is 6. The van der Waals surface area contributed by atoms with Crippen molar-refractivity contribution in [1.82, 2.24) is 9.97 Å². The molecule has 0 saturated carbocycles. The smallest absolute Gasteiger partial charge is 0.240 e. The average Bonchev–Trinajstić information content (AvgIpc) is 2.89. The number of para-hydroxylation sites is 2. The Hall–Kier alpha value is -4.39. The van der Waals surface area contributed by atoms with Crippen molar-refractivity contribution in [3.8, 4) is 11.5 Å². The first-order chi connectivity index (χ1) is 16.7. The molecule has 0 radical (unpaired) electrons. The number of anilines is 4. The summed E-state index contributed by atoms with van der Waals surface area (Å²) in [6.45, 7) is 0. The number of aromatic nitrogens is 2. The van der Waals surface area contributed by atoms with Crippen molar-refractivity contribution in [1.29, 1.82) is 0 Å². The van der Waals surface area contributed by atoms with Crippen LogP contribution in [0.1, 0.15) is 17.0 Å². The monoisotopic (exact) mass is 452 g/mol. The molecule has 0 bridgehead atoms. The summed E-state index contributed by atoms with van der Waals surface area (Å²) in [7, 11) is 3.21. The second-order valence-electron chi connectivity index (χ2n) is 7.91. The number of hydrogen-bond donors (Lipinski definition) is 1. The van der Waals surface area contributed by atoms with E-state index < -0.39 is 5.92 Å². The van der Waals surface area contributed by atoms with E-state index in [-0.39, 0.29) is 5.91 Å². The molecule has 0 spiro atoms. The minimum absolute atomic E-state index is 0.0883. The highest BCUT2D eigenvalue weighted by Gasteiger charge is 2.38. The quantitative estimate of drug-likeness (QED) is 0.431. The third-order valence-electron chi connectivity index (χ3n) is 5.85. The first-order valence-corrected chi connectivity index (χ1v) is 11.0. The van der Waals surface area contributed by atoms with Crippen LogP contribution in [-0.4, -0.2) is 30.1 Å². The van der Waals surface area contributed by atoms with E-state index in [2.05, 4.69) is 10.3 Å². The minimum Gasteiger partial charge on any atom is -0.497 e. The Labute approximate surface area is 198 Å². The topological polar surface area (TPSA) is 76.6 Å². The van der Waals surface area contributed by atoms with Gasteiger partial charge in [0.25, 0.3) is 0 Å². The zero-order valence-electron chi connectivity index (χ0n) is 18.9. The van der Waals surface area contributed by atoms with Crippen molar-refractivity contribution in [2.24, 2.45) is 0 Å². The molecular formula is C27H24N4O3. The Kier molecular flexibility index (Phi) is 5.82. The summed E-state index contributed by atoms with van der Waals surface area (Å²) >= 11 is 0. The zero-order chi connectivity index (χ0) is 23.5. The van der Waals surface area contributed by atoms with Gasteiger partial charge in [-0.05, 0) is 48.9 Å². The minimum atomic E-state index is -0.478. The molecule has 1 N–H and O–H groups in total. The molecule has 1 aliphatic rings. The van der Waals surface area contributed by atoms with Crippen molar-refractivity contribution < 1.29 is 14.3 Å². The van der Waals surface area contributed by atoms with Crippen LogP contribution in [0.25, 0.3) is 0 Å². The van der Waals surface area contributed by atoms with Crippen LogP contribution in [-0.2, 0) is 11.2 Å². The first kappa shape index (κ1) is 21.5. The number of carbonyl (C=O) groups excluding carboxylic acids is 1. The summed E-state index contributed by atoms with van der Waals surface area (Å²) < 4.78 is 11.0. The maximum atomic E-state index is 14.0.